The van der Waals surface area contributed by atoms with Crippen LogP contribution in [0.5, 0.6) is 0 Å². The van der Waals surface area contributed by atoms with Gasteiger partial charge in [0.15, 0.2) is 5.58 Å². The number of para-hydroxylation sites is 2. The number of benzene rings is 7. The van der Waals surface area contributed by atoms with E-state index in [2.05, 4.69) is 126 Å². The molecule has 0 aliphatic rings. The molecule has 11 rings (SSSR count). The molecule has 0 spiro atoms. The van der Waals surface area contributed by atoms with Crippen molar-refractivity contribution in [1.29, 1.82) is 0 Å². The molecule has 4 nitrogen and oxygen atoms in total. The van der Waals surface area contributed by atoms with Gasteiger partial charge in [-0.1, -0.05) is 115 Å². The predicted octanol–water partition coefficient (Wildman–Crippen LogP) is 11.8. The average Bonchev–Trinajstić information content (AvgIpc) is 3.81. The van der Waals surface area contributed by atoms with Gasteiger partial charge in [0.2, 0.25) is 5.95 Å². The molecule has 7 aromatic carbocycles. The minimum absolute atomic E-state index is 0.632. The first-order valence-electron chi connectivity index (χ1n) is 15.8. The molecule has 0 aliphatic carbocycles. The molecule has 0 atom stereocenters. The summed E-state index contributed by atoms with van der Waals surface area (Å²) in [5.74, 6) is 0.632. The van der Waals surface area contributed by atoms with Crippen molar-refractivity contribution in [3.63, 3.8) is 0 Å². The maximum Gasteiger partial charge on any atom is 0.236 e. The smallest absolute Gasteiger partial charge is 0.236 e. The maximum atomic E-state index is 6.57. The van der Waals surface area contributed by atoms with Gasteiger partial charge < -0.3 is 4.42 Å². The molecule has 0 bridgehead atoms. The molecule has 218 valence electrons. The van der Waals surface area contributed by atoms with Gasteiger partial charge in [-0.05, 0) is 45.8 Å². The minimum atomic E-state index is 0.632. The lowest BCUT2D eigenvalue weighted by Crippen LogP contribution is -2.03. The van der Waals surface area contributed by atoms with Crippen LogP contribution in [0.1, 0.15) is 0 Å². The number of aromatic nitrogens is 3. The van der Waals surface area contributed by atoms with E-state index in [0.29, 0.717) is 11.5 Å². The summed E-state index contributed by atoms with van der Waals surface area (Å²) in [6, 6.07) is 49.2. The monoisotopic (exact) mass is 617 g/mol. The number of fused-ring (bicyclic) bond motifs is 14. The van der Waals surface area contributed by atoms with Gasteiger partial charge in [-0.25, -0.2) is 9.97 Å². The second-order valence-corrected chi connectivity index (χ2v) is 13.2. The predicted molar refractivity (Wildman–Crippen MR) is 197 cm³/mol. The number of nitrogens with zero attached hydrogens (tertiary/aromatic N) is 3. The normalized spacial score (nSPS) is 12.3. The zero-order valence-corrected chi connectivity index (χ0v) is 25.8. The topological polar surface area (TPSA) is 43.9 Å². The summed E-state index contributed by atoms with van der Waals surface area (Å²) in [6.45, 7) is 0. The van der Waals surface area contributed by atoms with Crippen LogP contribution >= 0.6 is 11.3 Å². The summed E-state index contributed by atoms with van der Waals surface area (Å²) < 4.78 is 11.4. The summed E-state index contributed by atoms with van der Waals surface area (Å²) in [4.78, 5) is 10.8. The Morgan fingerprint density at radius 3 is 2.06 bits per heavy atom. The van der Waals surface area contributed by atoms with Gasteiger partial charge in [0.25, 0.3) is 0 Å². The molecule has 0 radical (unpaired) electrons. The minimum Gasteiger partial charge on any atom is -0.452 e. The Morgan fingerprint density at radius 2 is 1.19 bits per heavy atom. The third-order valence-electron chi connectivity index (χ3n) is 9.60. The Kier molecular flexibility index (Phi) is 4.96. The molecule has 47 heavy (non-hydrogen) atoms. The molecule has 0 aliphatic heterocycles. The molecule has 5 heteroatoms. The largest absolute Gasteiger partial charge is 0.452 e. The lowest BCUT2D eigenvalue weighted by molar-refractivity contribution is 0.666. The molecule has 0 amide bonds. The van der Waals surface area contributed by atoms with Gasteiger partial charge >= 0.3 is 0 Å². The quantitative estimate of drug-likeness (QED) is 0.194. The Hall–Kier alpha value is -6.04. The van der Waals surface area contributed by atoms with E-state index in [1.54, 1.807) is 0 Å². The Balaban J connectivity index is 1.38. The summed E-state index contributed by atoms with van der Waals surface area (Å²) in [7, 11) is 0. The lowest BCUT2D eigenvalue weighted by atomic mass is 9.99. The maximum absolute atomic E-state index is 6.57. The van der Waals surface area contributed by atoms with Crippen LogP contribution in [0.4, 0.5) is 0 Å². The van der Waals surface area contributed by atoms with E-state index in [1.807, 2.05) is 29.5 Å². The summed E-state index contributed by atoms with van der Waals surface area (Å²) in [6.07, 6.45) is 0. The zero-order chi connectivity index (χ0) is 30.6. The first kappa shape index (κ1) is 25.2. The van der Waals surface area contributed by atoms with E-state index >= 15 is 0 Å². The number of thiophene rings is 1. The van der Waals surface area contributed by atoms with E-state index in [1.165, 1.54) is 41.7 Å². The molecule has 4 heterocycles. The molecule has 4 aromatic heterocycles. The van der Waals surface area contributed by atoms with Crippen LogP contribution in [-0.2, 0) is 0 Å². The fourth-order valence-electron chi connectivity index (χ4n) is 7.63. The molecule has 0 saturated carbocycles. The van der Waals surface area contributed by atoms with E-state index in [0.717, 1.165) is 49.5 Å². The SMILES string of the molecule is c1ccc2c(-c3nc(-n4c5ccccc5c5c6ccccc6c6c7ccccc7sc6c54)nc4c3oc3ccccc34)cccc2c1. The van der Waals surface area contributed by atoms with Crippen LogP contribution in [0.2, 0.25) is 0 Å². The second kappa shape index (κ2) is 9.25. The van der Waals surface area contributed by atoms with Crippen LogP contribution in [0, 0.1) is 0 Å². The van der Waals surface area contributed by atoms with Crippen LogP contribution in [0.25, 0.3) is 103 Å². The first-order chi connectivity index (χ1) is 23.3. The van der Waals surface area contributed by atoms with E-state index in [-0.39, 0.29) is 0 Å². The highest BCUT2D eigenvalue weighted by Gasteiger charge is 2.25. The fraction of sp³-hybridized carbons (Fsp3) is 0. The van der Waals surface area contributed by atoms with Crippen molar-refractivity contribution in [2.45, 2.75) is 0 Å². The number of rotatable bonds is 2. The standard InChI is InChI=1S/C42H23N3OS/c1-2-14-25-24(12-1)13-11-20-28(25)37-40-38(30-18-6-9-22-33(30)46-40)44-42(43-37)45-32-21-8-5-17-29(32)35-26-15-3-4-16-27(26)36-31-19-7-10-23-34(31)47-41(36)39(35)45/h1-23H. The van der Waals surface area contributed by atoms with Crippen LogP contribution in [0.15, 0.2) is 144 Å². The highest BCUT2D eigenvalue weighted by molar-refractivity contribution is 7.27. The lowest BCUT2D eigenvalue weighted by Gasteiger charge is -2.12. The van der Waals surface area contributed by atoms with Gasteiger partial charge in [0, 0.05) is 37.2 Å². The molecule has 0 N–H and O–H groups in total. The van der Waals surface area contributed by atoms with Crippen LogP contribution in [0.3, 0.4) is 0 Å². The van der Waals surface area contributed by atoms with Gasteiger partial charge in [0.1, 0.15) is 16.8 Å². The van der Waals surface area contributed by atoms with Gasteiger partial charge in [-0.15, -0.1) is 11.3 Å². The van der Waals surface area contributed by atoms with E-state index in [4.69, 9.17) is 14.4 Å². The van der Waals surface area contributed by atoms with Gasteiger partial charge in [-0.3, -0.25) is 4.57 Å². The summed E-state index contributed by atoms with van der Waals surface area (Å²) in [5.41, 5.74) is 6.34. The third-order valence-corrected chi connectivity index (χ3v) is 10.8. The summed E-state index contributed by atoms with van der Waals surface area (Å²) in [5, 5.41) is 10.7. The van der Waals surface area contributed by atoms with E-state index < -0.39 is 0 Å². The molecule has 11 aromatic rings. The van der Waals surface area contributed by atoms with Crippen LogP contribution < -0.4 is 0 Å². The fourth-order valence-corrected chi connectivity index (χ4v) is 8.89. The molecule has 0 fully saturated rings. The van der Waals surface area contributed by atoms with E-state index in [9.17, 15) is 0 Å². The van der Waals surface area contributed by atoms with Crippen LogP contribution in [-0.4, -0.2) is 14.5 Å². The van der Waals surface area contributed by atoms with Crippen molar-refractivity contribution in [2.24, 2.45) is 0 Å². The Bertz CT molecular complexity index is 3090. The van der Waals surface area contributed by atoms with Crippen molar-refractivity contribution < 1.29 is 4.42 Å². The Labute approximate surface area is 271 Å². The Morgan fingerprint density at radius 1 is 0.532 bits per heavy atom. The highest BCUT2D eigenvalue weighted by atomic mass is 32.1. The average molecular weight is 618 g/mol. The van der Waals surface area contributed by atoms with Crippen molar-refractivity contribution in [3.05, 3.63) is 140 Å². The molecular weight excluding hydrogens is 595 g/mol. The number of furan rings is 1. The van der Waals surface area contributed by atoms with Crippen molar-refractivity contribution in [3.8, 4) is 17.2 Å². The number of hydrogen-bond donors (Lipinski definition) is 0. The molecular formula is C42H23N3OS. The summed E-state index contributed by atoms with van der Waals surface area (Å²) >= 11 is 1.85. The second-order valence-electron chi connectivity index (χ2n) is 12.1. The van der Waals surface area contributed by atoms with Crippen molar-refractivity contribution >= 4 is 96.9 Å². The molecule has 0 unspecified atom stereocenters. The van der Waals surface area contributed by atoms with Gasteiger partial charge in [0.05, 0.1) is 15.7 Å². The molecule has 0 saturated heterocycles. The van der Waals surface area contributed by atoms with Crippen molar-refractivity contribution in [1.82, 2.24) is 14.5 Å². The first-order valence-corrected chi connectivity index (χ1v) is 16.6. The highest BCUT2D eigenvalue weighted by Crippen LogP contribution is 2.48. The van der Waals surface area contributed by atoms with Gasteiger partial charge in [-0.2, -0.15) is 0 Å². The zero-order valence-electron chi connectivity index (χ0n) is 24.9. The van der Waals surface area contributed by atoms with Crippen molar-refractivity contribution in [2.75, 3.05) is 0 Å². The number of hydrogen-bond acceptors (Lipinski definition) is 4. The third kappa shape index (κ3) is 3.36.